The van der Waals surface area contributed by atoms with Crippen LogP contribution in [0.25, 0.3) is 0 Å². The Kier molecular flexibility index (Phi) is 2.26. The van der Waals surface area contributed by atoms with Gasteiger partial charge in [-0.1, -0.05) is 0 Å². The highest BCUT2D eigenvalue weighted by atomic mass is 16.5. The maximum atomic E-state index is 10.3. The minimum Gasteiger partial charge on any atom is -0.497 e. The lowest BCUT2D eigenvalue weighted by Crippen LogP contribution is -1.87. The fourth-order valence-electron chi connectivity index (χ4n) is 0.889. The van der Waals surface area contributed by atoms with E-state index in [4.69, 9.17) is 4.74 Å². The molecule has 0 atom stereocenters. The van der Waals surface area contributed by atoms with Gasteiger partial charge < -0.3 is 4.74 Å². The predicted molar refractivity (Wildman–Crippen MR) is 42.0 cm³/mol. The third-order valence-corrected chi connectivity index (χ3v) is 1.36. The molecule has 0 aliphatic rings. The topological polar surface area (TPSA) is 26.3 Å². The Morgan fingerprint density at radius 2 is 2.27 bits per heavy atom. The van der Waals surface area contributed by atoms with Gasteiger partial charge in [0.15, 0.2) is 6.29 Å². The van der Waals surface area contributed by atoms with E-state index < -0.39 is 0 Å². The summed E-state index contributed by atoms with van der Waals surface area (Å²) >= 11 is 0. The summed E-state index contributed by atoms with van der Waals surface area (Å²) < 4.78 is 4.96. The monoisotopic (exact) mass is 149 g/mol. The number of methoxy groups -OCH3 is 1. The SMILES string of the molecule is COc1cc(C)[c]c(C=O)c1. The van der Waals surface area contributed by atoms with Crippen LogP contribution in [-0.2, 0) is 0 Å². The standard InChI is InChI=1S/C9H9O2/c1-7-3-8(6-10)5-9(4-7)11-2/h4-6H,1-2H3. The van der Waals surface area contributed by atoms with Crippen LogP contribution >= 0.6 is 0 Å². The molecule has 2 heteroatoms. The van der Waals surface area contributed by atoms with Gasteiger partial charge in [0.2, 0.25) is 0 Å². The van der Waals surface area contributed by atoms with Gasteiger partial charge in [0, 0.05) is 5.56 Å². The maximum absolute atomic E-state index is 10.3. The van der Waals surface area contributed by atoms with Gasteiger partial charge in [-0.2, -0.15) is 0 Å². The molecule has 0 aromatic heterocycles. The van der Waals surface area contributed by atoms with E-state index in [2.05, 4.69) is 6.07 Å². The number of carbonyl (C=O) groups is 1. The van der Waals surface area contributed by atoms with E-state index in [1.54, 1.807) is 13.2 Å². The highest BCUT2D eigenvalue weighted by Crippen LogP contribution is 2.13. The molecule has 0 amide bonds. The lowest BCUT2D eigenvalue weighted by atomic mass is 10.1. The largest absolute Gasteiger partial charge is 0.497 e. The molecule has 0 unspecified atom stereocenters. The van der Waals surface area contributed by atoms with Crippen molar-refractivity contribution in [3.05, 3.63) is 29.3 Å². The Balaban J connectivity index is 3.11. The lowest BCUT2D eigenvalue weighted by molar-refractivity contribution is 0.112. The summed E-state index contributed by atoms with van der Waals surface area (Å²) in [6.45, 7) is 1.87. The molecule has 11 heavy (non-hydrogen) atoms. The Bertz CT molecular complexity index is 266. The average Bonchev–Trinajstić information content (AvgIpc) is 2.03. The third kappa shape index (κ3) is 1.80. The van der Waals surface area contributed by atoms with Crippen molar-refractivity contribution in [3.63, 3.8) is 0 Å². The summed E-state index contributed by atoms with van der Waals surface area (Å²) in [6.07, 6.45) is 0.759. The Morgan fingerprint density at radius 3 is 2.82 bits per heavy atom. The number of ether oxygens (including phenoxy) is 1. The quantitative estimate of drug-likeness (QED) is 0.597. The molecule has 1 radical (unpaired) electrons. The fraction of sp³-hybridized carbons (Fsp3) is 0.222. The molecule has 0 fully saturated rings. The number of hydrogen-bond donors (Lipinski definition) is 0. The van der Waals surface area contributed by atoms with E-state index in [9.17, 15) is 4.79 Å². The minimum absolute atomic E-state index is 0.529. The van der Waals surface area contributed by atoms with Crippen molar-refractivity contribution in [2.45, 2.75) is 6.92 Å². The number of carbonyl (C=O) groups excluding carboxylic acids is 1. The van der Waals surface area contributed by atoms with Crippen LogP contribution < -0.4 is 4.74 Å². The summed E-state index contributed by atoms with van der Waals surface area (Å²) in [6, 6.07) is 6.36. The maximum Gasteiger partial charge on any atom is 0.150 e. The molecule has 0 heterocycles. The van der Waals surface area contributed by atoms with Crippen LogP contribution in [0.15, 0.2) is 12.1 Å². The summed E-state index contributed by atoms with van der Waals surface area (Å²) in [7, 11) is 1.57. The van der Waals surface area contributed by atoms with Crippen LogP contribution in [0, 0.1) is 13.0 Å². The van der Waals surface area contributed by atoms with Gasteiger partial charge >= 0.3 is 0 Å². The molecule has 1 aromatic rings. The van der Waals surface area contributed by atoms with Crippen molar-refractivity contribution < 1.29 is 9.53 Å². The van der Waals surface area contributed by atoms with E-state index in [1.165, 1.54) is 0 Å². The van der Waals surface area contributed by atoms with Crippen molar-refractivity contribution in [1.29, 1.82) is 0 Å². The number of benzene rings is 1. The van der Waals surface area contributed by atoms with Crippen LogP contribution in [-0.4, -0.2) is 13.4 Å². The molecule has 0 N–H and O–H groups in total. The lowest BCUT2D eigenvalue weighted by Gasteiger charge is -2.00. The van der Waals surface area contributed by atoms with Gasteiger partial charge in [-0.15, -0.1) is 0 Å². The molecule has 1 rings (SSSR count). The first kappa shape index (κ1) is 7.79. The van der Waals surface area contributed by atoms with Crippen molar-refractivity contribution in [3.8, 4) is 5.75 Å². The molecule has 57 valence electrons. The van der Waals surface area contributed by atoms with E-state index in [0.717, 1.165) is 11.8 Å². The first-order chi connectivity index (χ1) is 5.26. The smallest absolute Gasteiger partial charge is 0.150 e. The first-order valence-corrected chi connectivity index (χ1v) is 3.29. The van der Waals surface area contributed by atoms with Crippen LogP contribution in [0.2, 0.25) is 0 Å². The van der Waals surface area contributed by atoms with E-state index in [1.807, 2.05) is 13.0 Å². The van der Waals surface area contributed by atoms with Crippen molar-refractivity contribution in [1.82, 2.24) is 0 Å². The number of aryl methyl sites for hydroxylation is 1. The highest BCUT2D eigenvalue weighted by molar-refractivity contribution is 5.75. The van der Waals surface area contributed by atoms with Crippen molar-refractivity contribution >= 4 is 6.29 Å². The molecular weight excluding hydrogens is 140 g/mol. The molecule has 0 saturated carbocycles. The summed E-state index contributed by atoms with van der Waals surface area (Å²) in [5.41, 5.74) is 1.44. The Labute approximate surface area is 65.8 Å². The fourth-order valence-corrected chi connectivity index (χ4v) is 0.889. The van der Waals surface area contributed by atoms with Gasteiger partial charge in [-0.05, 0) is 30.7 Å². The zero-order valence-electron chi connectivity index (χ0n) is 6.55. The van der Waals surface area contributed by atoms with Gasteiger partial charge in [0.25, 0.3) is 0 Å². The second-order valence-electron chi connectivity index (χ2n) is 2.28. The minimum atomic E-state index is 0.529. The second kappa shape index (κ2) is 3.19. The van der Waals surface area contributed by atoms with Gasteiger partial charge in [-0.25, -0.2) is 0 Å². The molecule has 2 nitrogen and oxygen atoms in total. The van der Waals surface area contributed by atoms with Crippen LogP contribution in [0.3, 0.4) is 0 Å². The average molecular weight is 149 g/mol. The molecule has 0 aliphatic carbocycles. The predicted octanol–water partition coefficient (Wildman–Crippen LogP) is 1.62. The Morgan fingerprint density at radius 1 is 1.55 bits per heavy atom. The Hall–Kier alpha value is -1.31. The third-order valence-electron chi connectivity index (χ3n) is 1.36. The van der Waals surface area contributed by atoms with E-state index in [0.29, 0.717) is 11.3 Å². The van der Waals surface area contributed by atoms with Gasteiger partial charge in [-0.3, -0.25) is 4.79 Å². The van der Waals surface area contributed by atoms with Crippen molar-refractivity contribution in [2.75, 3.05) is 7.11 Å². The molecule has 0 spiro atoms. The van der Waals surface area contributed by atoms with Crippen LogP contribution in [0.1, 0.15) is 15.9 Å². The first-order valence-electron chi connectivity index (χ1n) is 3.29. The molecule has 0 bridgehead atoms. The van der Waals surface area contributed by atoms with Crippen LogP contribution in [0.4, 0.5) is 0 Å². The second-order valence-corrected chi connectivity index (χ2v) is 2.28. The number of hydrogen-bond acceptors (Lipinski definition) is 2. The molecular formula is C9H9O2. The number of rotatable bonds is 2. The summed E-state index contributed by atoms with van der Waals surface area (Å²) in [4.78, 5) is 10.3. The normalized spacial score (nSPS) is 9.27. The number of aldehydes is 1. The van der Waals surface area contributed by atoms with Crippen LogP contribution in [0.5, 0.6) is 5.75 Å². The summed E-state index contributed by atoms with van der Waals surface area (Å²) in [5, 5.41) is 0. The summed E-state index contributed by atoms with van der Waals surface area (Å²) in [5.74, 6) is 0.698. The van der Waals surface area contributed by atoms with Crippen molar-refractivity contribution in [2.24, 2.45) is 0 Å². The molecule has 0 saturated heterocycles. The molecule has 0 aliphatic heterocycles. The highest BCUT2D eigenvalue weighted by Gasteiger charge is 1.96. The van der Waals surface area contributed by atoms with E-state index >= 15 is 0 Å². The zero-order chi connectivity index (χ0) is 8.27. The van der Waals surface area contributed by atoms with E-state index in [-0.39, 0.29) is 0 Å². The zero-order valence-corrected chi connectivity index (χ0v) is 6.55. The van der Waals surface area contributed by atoms with Gasteiger partial charge in [0.05, 0.1) is 7.11 Å². The van der Waals surface area contributed by atoms with Gasteiger partial charge in [0.1, 0.15) is 5.75 Å². The molecule has 1 aromatic carbocycles.